The summed E-state index contributed by atoms with van der Waals surface area (Å²) >= 11 is 1.56. The Hall–Kier alpha value is -2.46. The van der Waals surface area contributed by atoms with E-state index in [-0.39, 0.29) is 5.91 Å². The number of carbonyl (C=O) groups is 1. The molecule has 1 aromatic heterocycles. The Balaban J connectivity index is 1.81. The number of nitrogens with one attached hydrogen (secondary N) is 1. The summed E-state index contributed by atoms with van der Waals surface area (Å²) in [7, 11) is 0. The predicted octanol–water partition coefficient (Wildman–Crippen LogP) is 4.37. The average Bonchev–Trinajstić information content (AvgIpc) is 3.04. The first-order valence-corrected chi connectivity index (χ1v) is 7.48. The molecule has 0 bridgehead atoms. The van der Waals surface area contributed by atoms with Crippen molar-refractivity contribution in [3.05, 3.63) is 71.2 Å². The average molecular weight is 294 g/mol. The lowest BCUT2D eigenvalue weighted by Crippen LogP contribution is -2.11. The third-order valence-electron chi connectivity index (χ3n) is 3.11. The topological polar surface area (TPSA) is 42.0 Å². The van der Waals surface area contributed by atoms with Crippen molar-refractivity contribution in [2.75, 3.05) is 5.32 Å². The van der Waals surface area contributed by atoms with E-state index < -0.39 is 0 Å². The van der Waals surface area contributed by atoms with E-state index in [0.29, 0.717) is 5.56 Å². The molecule has 0 saturated carbocycles. The van der Waals surface area contributed by atoms with Crippen LogP contribution in [0.15, 0.2) is 60.1 Å². The second kappa shape index (κ2) is 5.89. The van der Waals surface area contributed by atoms with Gasteiger partial charge in [-0.3, -0.25) is 4.79 Å². The van der Waals surface area contributed by atoms with Gasteiger partial charge in [-0.05, 0) is 31.2 Å². The Morgan fingerprint density at radius 3 is 2.67 bits per heavy atom. The van der Waals surface area contributed by atoms with Crippen molar-refractivity contribution in [3.63, 3.8) is 0 Å². The Bertz CT molecular complexity index is 749. The van der Waals surface area contributed by atoms with Crippen molar-refractivity contribution in [1.82, 2.24) is 4.98 Å². The molecule has 21 heavy (non-hydrogen) atoms. The van der Waals surface area contributed by atoms with Crippen LogP contribution in [0.3, 0.4) is 0 Å². The molecule has 4 heteroatoms. The fourth-order valence-corrected chi connectivity index (χ4v) is 2.64. The lowest BCUT2D eigenvalue weighted by atomic mass is 10.1. The van der Waals surface area contributed by atoms with Gasteiger partial charge in [0.25, 0.3) is 5.91 Å². The zero-order valence-electron chi connectivity index (χ0n) is 11.5. The van der Waals surface area contributed by atoms with Gasteiger partial charge >= 0.3 is 0 Å². The number of hydrogen-bond donors (Lipinski definition) is 1. The van der Waals surface area contributed by atoms with Crippen LogP contribution in [-0.2, 0) is 0 Å². The molecule has 0 saturated heterocycles. The summed E-state index contributed by atoms with van der Waals surface area (Å²) in [6, 6.07) is 15.3. The highest BCUT2D eigenvalue weighted by Gasteiger charge is 2.08. The lowest BCUT2D eigenvalue weighted by molar-refractivity contribution is 0.102. The first-order chi connectivity index (χ1) is 10.2. The third-order valence-corrected chi connectivity index (χ3v) is 3.94. The fraction of sp³-hybridized carbons (Fsp3) is 0.0588. The fourth-order valence-electron chi connectivity index (χ4n) is 2.00. The number of nitrogens with zero attached hydrogens (tertiary/aromatic N) is 1. The molecule has 1 amide bonds. The Morgan fingerprint density at radius 2 is 1.95 bits per heavy atom. The predicted molar refractivity (Wildman–Crippen MR) is 86.7 cm³/mol. The van der Waals surface area contributed by atoms with Gasteiger partial charge in [0.2, 0.25) is 0 Å². The molecule has 0 aliphatic carbocycles. The maximum atomic E-state index is 12.3. The van der Waals surface area contributed by atoms with Crippen LogP contribution >= 0.6 is 11.3 Å². The largest absolute Gasteiger partial charge is 0.322 e. The van der Waals surface area contributed by atoms with Crippen LogP contribution in [0.2, 0.25) is 0 Å². The van der Waals surface area contributed by atoms with E-state index in [1.807, 2.05) is 54.8 Å². The highest BCUT2D eigenvalue weighted by molar-refractivity contribution is 7.13. The molecular weight excluding hydrogens is 280 g/mol. The maximum absolute atomic E-state index is 12.3. The molecule has 0 unspecified atom stereocenters. The minimum absolute atomic E-state index is 0.114. The molecule has 0 aliphatic heterocycles. The summed E-state index contributed by atoms with van der Waals surface area (Å²) < 4.78 is 0. The van der Waals surface area contributed by atoms with E-state index in [0.717, 1.165) is 16.3 Å². The van der Waals surface area contributed by atoms with Gasteiger partial charge in [0.05, 0.1) is 0 Å². The van der Waals surface area contributed by atoms with Crippen LogP contribution in [-0.4, -0.2) is 10.9 Å². The second-order valence-corrected chi connectivity index (χ2v) is 5.63. The monoisotopic (exact) mass is 294 g/mol. The minimum Gasteiger partial charge on any atom is -0.322 e. The molecule has 3 aromatic rings. The smallest absolute Gasteiger partial charge is 0.255 e. The number of anilines is 1. The zero-order chi connectivity index (χ0) is 14.7. The quantitative estimate of drug-likeness (QED) is 0.779. The van der Waals surface area contributed by atoms with Gasteiger partial charge in [-0.25, -0.2) is 4.98 Å². The van der Waals surface area contributed by atoms with Crippen molar-refractivity contribution < 1.29 is 4.79 Å². The number of carbonyl (C=O) groups excluding carboxylic acids is 1. The van der Waals surface area contributed by atoms with E-state index in [4.69, 9.17) is 0 Å². The third kappa shape index (κ3) is 3.17. The molecule has 3 nitrogen and oxygen atoms in total. The lowest BCUT2D eigenvalue weighted by Gasteiger charge is -2.06. The van der Waals surface area contributed by atoms with Gasteiger partial charge in [0, 0.05) is 28.4 Å². The standard InChI is InChI=1S/C17H14N2OS/c1-12-5-7-15(8-6-12)19-16(20)13-3-2-4-14(11-13)17-18-9-10-21-17/h2-11H,1H3,(H,19,20). The van der Waals surface area contributed by atoms with Gasteiger partial charge in [-0.15, -0.1) is 11.3 Å². The summed E-state index contributed by atoms with van der Waals surface area (Å²) in [5, 5.41) is 5.74. The number of amides is 1. The Kier molecular flexibility index (Phi) is 3.79. The van der Waals surface area contributed by atoms with Crippen LogP contribution in [0.4, 0.5) is 5.69 Å². The first kappa shape index (κ1) is 13.5. The Labute approximate surface area is 127 Å². The first-order valence-electron chi connectivity index (χ1n) is 6.60. The van der Waals surface area contributed by atoms with Crippen LogP contribution < -0.4 is 5.32 Å². The van der Waals surface area contributed by atoms with E-state index in [2.05, 4.69) is 10.3 Å². The van der Waals surface area contributed by atoms with E-state index in [1.54, 1.807) is 23.6 Å². The van der Waals surface area contributed by atoms with Crippen LogP contribution in [0.5, 0.6) is 0 Å². The van der Waals surface area contributed by atoms with E-state index in [9.17, 15) is 4.79 Å². The molecule has 1 heterocycles. The van der Waals surface area contributed by atoms with E-state index >= 15 is 0 Å². The van der Waals surface area contributed by atoms with Crippen molar-refractivity contribution in [2.24, 2.45) is 0 Å². The molecule has 0 radical (unpaired) electrons. The minimum atomic E-state index is -0.114. The molecule has 3 rings (SSSR count). The van der Waals surface area contributed by atoms with Crippen molar-refractivity contribution >= 4 is 22.9 Å². The number of aryl methyl sites for hydroxylation is 1. The van der Waals surface area contributed by atoms with Crippen LogP contribution in [0.1, 0.15) is 15.9 Å². The summed E-state index contributed by atoms with van der Waals surface area (Å²) in [6.45, 7) is 2.02. The van der Waals surface area contributed by atoms with Crippen LogP contribution in [0.25, 0.3) is 10.6 Å². The normalized spacial score (nSPS) is 10.3. The molecular formula is C17H14N2OS. The molecule has 2 aromatic carbocycles. The highest BCUT2D eigenvalue weighted by Crippen LogP contribution is 2.23. The number of rotatable bonds is 3. The number of thiazole rings is 1. The Morgan fingerprint density at radius 1 is 1.14 bits per heavy atom. The van der Waals surface area contributed by atoms with E-state index in [1.165, 1.54) is 5.56 Å². The zero-order valence-corrected chi connectivity index (χ0v) is 12.4. The van der Waals surface area contributed by atoms with Gasteiger partial charge < -0.3 is 5.32 Å². The van der Waals surface area contributed by atoms with Crippen molar-refractivity contribution in [1.29, 1.82) is 0 Å². The molecule has 104 valence electrons. The molecule has 0 fully saturated rings. The number of benzene rings is 2. The molecule has 0 spiro atoms. The molecule has 0 aliphatic rings. The number of aromatic nitrogens is 1. The second-order valence-electron chi connectivity index (χ2n) is 4.74. The summed E-state index contributed by atoms with van der Waals surface area (Å²) in [4.78, 5) is 16.6. The molecule has 0 atom stereocenters. The van der Waals surface area contributed by atoms with Crippen LogP contribution in [0, 0.1) is 6.92 Å². The van der Waals surface area contributed by atoms with Crippen molar-refractivity contribution in [2.45, 2.75) is 6.92 Å². The van der Waals surface area contributed by atoms with Gasteiger partial charge in [-0.2, -0.15) is 0 Å². The van der Waals surface area contributed by atoms with Gasteiger partial charge in [0.1, 0.15) is 5.01 Å². The van der Waals surface area contributed by atoms with Gasteiger partial charge in [0.15, 0.2) is 0 Å². The summed E-state index contributed by atoms with van der Waals surface area (Å²) in [5.74, 6) is -0.114. The summed E-state index contributed by atoms with van der Waals surface area (Å²) in [5.41, 5.74) is 3.55. The molecule has 1 N–H and O–H groups in total. The summed E-state index contributed by atoms with van der Waals surface area (Å²) in [6.07, 6.45) is 1.76. The van der Waals surface area contributed by atoms with Crippen molar-refractivity contribution in [3.8, 4) is 10.6 Å². The highest BCUT2D eigenvalue weighted by atomic mass is 32.1. The maximum Gasteiger partial charge on any atom is 0.255 e. The van der Waals surface area contributed by atoms with Gasteiger partial charge in [-0.1, -0.05) is 29.8 Å². The SMILES string of the molecule is Cc1ccc(NC(=O)c2cccc(-c3nccs3)c2)cc1. The number of hydrogen-bond acceptors (Lipinski definition) is 3.